The molecule has 6 aliphatic rings. The van der Waals surface area contributed by atoms with E-state index in [0.717, 1.165) is 65.9 Å². The molecule has 3 aromatic rings. The largest absolute Gasteiger partial charge is 0.496 e. The van der Waals surface area contributed by atoms with Crippen LogP contribution in [0, 0.1) is 11.3 Å². The number of hydrogen-bond donors (Lipinski definition) is 2. The van der Waals surface area contributed by atoms with Gasteiger partial charge in [-0.05, 0) is 67.8 Å². The highest BCUT2D eigenvalue weighted by Crippen LogP contribution is 2.68. The highest BCUT2D eigenvalue weighted by Gasteiger charge is 2.80. The molecule has 2 bridgehead atoms. The molecule has 1 saturated carbocycles. The molecular weight excluding hydrogens is 737 g/mol. The molecule has 12 nitrogen and oxygen atoms in total. The van der Waals surface area contributed by atoms with Crippen LogP contribution in [0.15, 0.2) is 60.2 Å². The topological polar surface area (TPSA) is 134 Å². The summed E-state index contributed by atoms with van der Waals surface area (Å²) in [5, 5.41) is 14.4. The van der Waals surface area contributed by atoms with E-state index in [2.05, 4.69) is 58.1 Å². The van der Waals surface area contributed by atoms with Crippen molar-refractivity contribution in [1.82, 2.24) is 14.8 Å². The van der Waals surface area contributed by atoms with Gasteiger partial charge >= 0.3 is 17.9 Å². The van der Waals surface area contributed by atoms with Crippen LogP contribution in [0.4, 0.5) is 5.69 Å². The minimum atomic E-state index is -2.28. The van der Waals surface area contributed by atoms with Crippen LogP contribution in [-0.4, -0.2) is 123 Å². The van der Waals surface area contributed by atoms with E-state index in [1.54, 1.807) is 7.11 Å². The summed E-state index contributed by atoms with van der Waals surface area (Å²) in [6, 6.07) is 11.2. The van der Waals surface area contributed by atoms with Gasteiger partial charge in [0.15, 0.2) is 6.10 Å². The Morgan fingerprint density at radius 2 is 1.78 bits per heavy atom. The fourth-order valence-corrected chi connectivity index (χ4v) is 13.0. The van der Waals surface area contributed by atoms with Gasteiger partial charge in [-0.3, -0.25) is 19.4 Å². The summed E-state index contributed by atoms with van der Waals surface area (Å²) in [5.41, 5.74) is 1.10. The molecule has 1 aliphatic carbocycles. The number of rotatable bonds is 7. The third-order valence-electron chi connectivity index (χ3n) is 15.1. The second kappa shape index (κ2) is 13.7. The Labute approximate surface area is 340 Å². The average molecular weight is 793 g/mol. The molecule has 12 heteroatoms. The normalized spacial score (nSPS) is 34.7. The van der Waals surface area contributed by atoms with Crippen molar-refractivity contribution in [2.24, 2.45) is 11.3 Å². The van der Waals surface area contributed by atoms with Crippen molar-refractivity contribution >= 4 is 34.5 Å². The second-order valence-electron chi connectivity index (χ2n) is 17.5. The van der Waals surface area contributed by atoms with Gasteiger partial charge in [-0.25, -0.2) is 4.79 Å². The molecule has 3 unspecified atom stereocenters. The number of fused-ring (bicyclic) bond motifs is 6. The lowest BCUT2D eigenvalue weighted by Gasteiger charge is -2.63. The fourth-order valence-electron chi connectivity index (χ4n) is 13.0. The van der Waals surface area contributed by atoms with Gasteiger partial charge in [0.25, 0.3) is 0 Å². The first kappa shape index (κ1) is 38.8. The van der Waals surface area contributed by atoms with Crippen molar-refractivity contribution in [2.75, 3.05) is 66.0 Å². The predicted octanol–water partition coefficient (Wildman–Crippen LogP) is 4.80. The van der Waals surface area contributed by atoms with Gasteiger partial charge < -0.3 is 33.9 Å². The molecule has 2 aromatic carbocycles. The van der Waals surface area contributed by atoms with E-state index in [0.29, 0.717) is 43.7 Å². The number of aliphatic hydroxyl groups is 1. The number of anilines is 1. The number of methoxy groups -OCH3 is 3. The van der Waals surface area contributed by atoms with Crippen LogP contribution >= 0.6 is 0 Å². The maximum Gasteiger partial charge on any atom is 0.344 e. The van der Waals surface area contributed by atoms with Gasteiger partial charge in [0, 0.05) is 90.9 Å². The number of esters is 3. The number of ether oxygens (including phenoxy) is 4. The molecule has 58 heavy (non-hydrogen) atoms. The first-order valence-electron chi connectivity index (χ1n) is 20.8. The summed E-state index contributed by atoms with van der Waals surface area (Å²) >= 11 is 0. The van der Waals surface area contributed by atoms with E-state index in [4.69, 9.17) is 18.9 Å². The Morgan fingerprint density at radius 1 is 1.00 bits per heavy atom. The molecule has 1 aromatic heterocycles. The molecule has 2 fully saturated rings. The standard InChI is InChI=1S/C46H56N4O8/c1-8-28-21-29-24-45(41(52)56-6,37-31(15-19-49(25-28)26-29)30-13-10-11-14-34(30)47-37)33-22-32-35(23-36(33)55-5)48(4)39-44(32)17-20-50-18-12-16-43(9-2,38(44)50)40(58-27(3)51)46(39,54)42(53)57-7/h10-14,16,21-23,29,38-40,47,54H,8-9,15,17-20,24-26H2,1-7H3/t29?,38-,39+,40+,43+,44?,45-,46-/m0/s1. The Morgan fingerprint density at radius 3 is 2.48 bits per heavy atom. The number of aromatic amines is 1. The van der Waals surface area contributed by atoms with Crippen molar-refractivity contribution < 1.29 is 38.4 Å². The molecule has 308 valence electrons. The van der Waals surface area contributed by atoms with Gasteiger partial charge in [-0.1, -0.05) is 55.8 Å². The van der Waals surface area contributed by atoms with Gasteiger partial charge in [0.1, 0.15) is 11.2 Å². The Hall–Kier alpha value is -4.65. The predicted molar refractivity (Wildman–Crippen MR) is 219 cm³/mol. The second-order valence-corrected chi connectivity index (χ2v) is 17.5. The van der Waals surface area contributed by atoms with Gasteiger partial charge in [-0.15, -0.1) is 0 Å². The number of aromatic nitrogens is 1. The number of hydrogen-bond acceptors (Lipinski definition) is 11. The van der Waals surface area contributed by atoms with Crippen molar-refractivity contribution in [3.05, 3.63) is 82.6 Å². The molecule has 6 heterocycles. The molecule has 0 amide bonds. The lowest BCUT2D eigenvalue weighted by molar-refractivity contribution is -0.228. The summed E-state index contributed by atoms with van der Waals surface area (Å²) in [5.74, 6) is -1.31. The Balaban J connectivity index is 1.37. The monoisotopic (exact) mass is 792 g/mol. The lowest BCUT2D eigenvalue weighted by Crippen LogP contribution is -2.81. The van der Waals surface area contributed by atoms with Crippen molar-refractivity contribution in [3.8, 4) is 5.75 Å². The number of nitrogens with zero attached hydrogens (tertiary/aromatic N) is 3. The highest BCUT2D eigenvalue weighted by atomic mass is 16.6. The van der Waals surface area contributed by atoms with Crippen LogP contribution < -0.4 is 9.64 Å². The van der Waals surface area contributed by atoms with Gasteiger partial charge in [-0.2, -0.15) is 0 Å². The molecule has 9 rings (SSSR count). The minimum Gasteiger partial charge on any atom is -0.496 e. The molecule has 9 atom stereocenters. The van der Waals surface area contributed by atoms with Gasteiger partial charge in [0.05, 0.1) is 27.4 Å². The first-order valence-corrected chi connectivity index (χ1v) is 20.8. The number of H-pyrrole nitrogens is 1. The summed E-state index contributed by atoms with van der Waals surface area (Å²) in [6.45, 7) is 9.44. The minimum absolute atomic E-state index is 0.0217. The molecular formula is C46H56N4O8. The molecule has 2 N–H and O–H groups in total. The van der Waals surface area contributed by atoms with Crippen molar-refractivity contribution in [1.29, 1.82) is 0 Å². The zero-order valence-electron chi connectivity index (χ0n) is 34.7. The number of likely N-dealkylation sites (N-methyl/N-ethyl adjacent to an activating group) is 1. The van der Waals surface area contributed by atoms with E-state index in [9.17, 15) is 14.7 Å². The smallest absolute Gasteiger partial charge is 0.344 e. The van der Waals surface area contributed by atoms with Crippen molar-refractivity contribution in [2.45, 2.75) is 87.5 Å². The fraction of sp³-hybridized carbons (Fsp3) is 0.543. The molecule has 1 spiro atoms. The van der Waals surface area contributed by atoms with E-state index in [1.165, 1.54) is 26.7 Å². The SMILES string of the molecule is CCC1=CC2CN(CCc3c([nH]c4ccccc34)[C@@](C(=O)OC)(c3cc4c(cc3OC)N(C)[C@@H]3C45CCN4CC=C[C@](CC)([C@H]45)[C@@H](OC(C)=O)[C@]3(O)C(=O)OC)C2)C1. The van der Waals surface area contributed by atoms with E-state index < -0.39 is 45.9 Å². The van der Waals surface area contributed by atoms with Crippen LogP contribution in [0.2, 0.25) is 0 Å². The van der Waals surface area contributed by atoms with Gasteiger partial charge in [0.2, 0.25) is 5.60 Å². The van der Waals surface area contributed by atoms with Crippen LogP contribution in [-0.2, 0) is 45.8 Å². The highest BCUT2D eigenvalue weighted by molar-refractivity contribution is 5.95. The van der Waals surface area contributed by atoms with E-state index in [1.807, 2.05) is 37.1 Å². The number of para-hydroxylation sites is 1. The lowest BCUT2D eigenvalue weighted by atomic mass is 9.47. The molecule has 0 radical (unpaired) electrons. The first-order chi connectivity index (χ1) is 27.9. The maximum absolute atomic E-state index is 15.3. The average Bonchev–Trinajstić information content (AvgIpc) is 3.89. The summed E-state index contributed by atoms with van der Waals surface area (Å²) in [6.07, 6.45) is 8.43. The van der Waals surface area contributed by atoms with Crippen LogP contribution in [0.3, 0.4) is 0 Å². The third-order valence-corrected chi connectivity index (χ3v) is 15.1. The summed E-state index contributed by atoms with van der Waals surface area (Å²) in [4.78, 5) is 53.4. The van der Waals surface area contributed by atoms with E-state index >= 15 is 4.79 Å². The van der Waals surface area contributed by atoms with Crippen LogP contribution in [0.25, 0.3) is 10.9 Å². The number of benzene rings is 2. The zero-order valence-corrected chi connectivity index (χ0v) is 34.7. The number of nitrogens with one attached hydrogen (secondary N) is 1. The number of carbonyl (C=O) groups is 3. The summed E-state index contributed by atoms with van der Waals surface area (Å²) in [7, 11) is 6.24. The Bertz CT molecular complexity index is 2270. The third kappa shape index (κ3) is 4.94. The summed E-state index contributed by atoms with van der Waals surface area (Å²) < 4.78 is 24.0. The molecule has 5 aliphatic heterocycles. The Kier molecular flexibility index (Phi) is 9.18. The molecule has 1 saturated heterocycles. The van der Waals surface area contributed by atoms with E-state index in [-0.39, 0.29) is 17.9 Å². The van der Waals surface area contributed by atoms with Crippen LogP contribution in [0.5, 0.6) is 5.75 Å². The zero-order chi connectivity index (χ0) is 40.9. The number of carbonyl (C=O) groups excluding carboxylic acids is 3. The quantitative estimate of drug-likeness (QED) is 0.194. The van der Waals surface area contributed by atoms with Crippen molar-refractivity contribution in [3.63, 3.8) is 0 Å². The van der Waals surface area contributed by atoms with Crippen LogP contribution in [0.1, 0.15) is 68.8 Å². The maximum atomic E-state index is 15.3.